The van der Waals surface area contributed by atoms with Gasteiger partial charge in [-0.25, -0.2) is 13.1 Å². The van der Waals surface area contributed by atoms with Crippen LogP contribution in [0.4, 0.5) is 11.6 Å². The minimum Gasteiger partial charge on any atom is -0.337 e. The van der Waals surface area contributed by atoms with Crippen LogP contribution >= 0.6 is 0 Å². The summed E-state index contributed by atoms with van der Waals surface area (Å²) in [6.07, 6.45) is 1.66. The van der Waals surface area contributed by atoms with Gasteiger partial charge in [-0.1, -0.05) is 35.0 Å². The Balaban J connectivity index is 1.66. The molecular weight excluding hydrogens is 366 g/mol. The van der Waals surface area contributed by atoms with Crippen molar-refractivity contribution in [2.75, 3.05) is 16.7 Å². The van der Waals surface area contributed by atoms with Crippen LogP contribution in [-0.2, 0) is 21.2 Å². The molecule has 1 aliphatic rings. The summed E-state index contributed by atoms with van der Waals surface area (Å²) in [7, 11) is -2.22. The first-order valence-electron chi connectivity index (χ1n) is 8.29. The van der Waals surface area contributed by atoms with Crippen LogP contribution in [0.2, 0.25) is 0 Å². The number of aryl methyl sites for hydroxylation is 1. The zero-order valence-corrected chi connectivity index (χ0v) is 15.6. The Bertz CT molecular complexity index is 1130. The molecular formula is C19H17N3O4S. The molecule has 4 rings (SSSR count). The van der Waals surface area contributed by atoms with Gasteiger partial charge in [-0.15, -0.1) is 0 Å². The number of fused-ring (bicyclic) bond motifs is 1. The van der Waals surface area contributed by atoms with Crippen molar-refractivity contribution in [1.82, 2.24) is 5.16 Å². The molecule has 0 spiro atoms. The SMILES string of the molecule is Cc1ccc(-c2cnoc2NS(=O)(=O)c2ccc3c(c2)CC(=O)N3C)cc1. The van der Waals surface area contributed by atoms with E-state index in [-0.39, 0.29) is 23.1 Å². The number of hydrogen-bond donors (Lipinski definition) is 1. The van der Waals surface area contributed by atoms with Gasteiger partial charge in [-0.3, -0.25) is 4.79 Å². The van der Waals surface area contributed by atoms with Crippen molar-refractivity contribution >= 4 is 27.5 Å². The Morgan fingerprint density at radius 2 is 1.89 bits per heavy atom. The lowest BCUT2D eigenvalue weighted by Gasteiger charge is -2.11. The van der Waals surface area contributed by atoms with E-state index in [0.29, 0.717) is 11.1 Å². The number of hydrogen-bond acceptors (Lipinski definition) is 5. The number of sulfonamides is 1. The molecule has 0 aliphatic carbocycles. The van der Waals surface area contributed by atoms with Crippen LogP contribution in [0.25, 0.3) is 11.1 Å². The van der Waals surface area contributed by atoms with Gasteiger partial charge in [0, 0.05) is 12.7 Å². The van der Waals surface area contributed by atoms with Gasteiger partial charge in [0.2, 0.25) is 11.8 Å². The quantitative estimate of drug-likeness (QED) is 0.748. The van der Waals surface area contributed by atoms with E-state index >= 15 is 0 Å². The maximum absolute atomic E-state index is 12.8. The van der Waals surface area contributed by atoms with E-state index in [1.807, 2.05) is 31.2 Å². The van der Waals surface area contributed by atoms with Crippen molar-refractivity contribution in [2.24, 2.45) is 0 Å². The van der Waals surface area contributed by atoms with Crippen LogP contribution in [0.5, 0.6) is 0 Å². The van der Waals surface area contributed by atoms with Crippen molar-refractivity contribution < 1.29 is 17.7 Å². The lowest BCUT2D eigenvalue weighted by atomic mass is 10.1. The van der Waals surface area contributed by atoms with Gasteiger partial charge >= 0.3 is 0 Å². The Labute approximate surface area is 156 Å². The van der Waals surface area contributed by atoms with Crippen LogP contribution in [0.15, 0.2) is 58.1 Å². The van der Waals surface area contributed by atoms with E-state index in [1.54, 1.807) is 13.1 Å². The molecule has 7 nitrogen and oxygen atoms in total. The molecule has 138 valence electrons. The van der Waals surface area contributed by atoms with Gasteiger partial charge in [-0.2, -0.15) is 0 Å². The van der Waals surface area contributed by atoms with Gasteiger partial charge in [0.05, 0.1) is 23.1 Å². The second-order valence-corrected chi connectivity index (χ2v) is 8.14. The molecule has 0 saturated heterocycles. The molecule has 1 aromatic heterocycles. The van der Waals surface area contributed by atoms with Gasteiger partial charge in [0.15, 0.2) is 0 Å². The van der Waals surface area contributed by atoms with E-state index in [1.165, 1.54) is 23.2 Å². The fourth-order valence-electron chi connectivity index (χ4n) is 3.05. The maximum Gasteiger partial charge on any atom is 0.264 e. The van der Waals surface area contributed by atoms with Crippen molar-refractivity contribution in [3.05, 3.63) is 59.8 Å². The second-order valence-electron chi connectivity index (χ2n) is 6.46. The minimum absolute atomic E-state index is 0.0487. The van der Waals surface area contributed by atoms with Crippen LogP contribution in [0.3, 0.4) is 0 Å². The molecule has 0 saturated carbocycles. The number of benzene rings is 2. The summed E-state index contributed by atoms with van der Waals surface area (Å²) in [6.45, 7) is 1.97. The molecule has 3 aromatic rings. The number of carbonyl (C=O) groups is 1. The zero-order valence-electron chi connectivity index (χ0n) is 14.8. The largest absolute Gasteiger partial charge is 0.337 e. The predicted octanol–water partition coefficient (Wildman–Crippen LogP) is 2.97. The van der Waals surface area contributed by atoms with Gasteiger partial charge < -0.3 is 9.42 Å². The number of likely N-dealkylation sites (N-methyl/N-ethyl adjacent to an activating group) is 1. The van der Waals surface area contributed by atoms with E-state index in [9.17, 15) is 13.2 Å². The second kappa shape index (κ2) is 6.24. The Kier molecular flexibility index (Phi) is 4.00. The number of nitrogens with zero attached hydrogens (tertiary/aromatic N) is 2. The minimum atomic E-state index is -3.89. The number of carbonyl (C=O) groups excluding carboxylic acids is 1. The summed E-state index contributed by atoms with van der Waals surface area (Å²) < 4.78 is 33.2. The van der Waals surface area contributed by atoms with Gasteiger partial charge in [0.25, 0.3) is 10.0 Å². The fraction of sp³-hybridized carbons (Fsp3) is 0.158. The van der Waals surface area contributed by atoms with Gasteiger partial charge in [-0.05, 0) is 36.2 Å². The summed E-state index contributed by atoms with van der Waals surface area (Å²) in [4.78, 5) is 13.4. The first kappa shape index (κ1) is 17.3. The van der Waals surface area contributed by atoms with Crippen molar-refractivity contribution in [1.29, 1.82) is 0 Å². The zero-order chi connectivity index (χ0) is 19.2. The number of nitrogens with one attached hydrogen (secondary N) is 1. The maximum atomic E-state index is 12.8. The number of anilines is 2. The topological polar surface area (TPSA) is 92.5 Å². The summed E-state index contributed by atoms with van der Waals surface area (Å²) in [5.41, 5.74) is 3.84. The van der Waals surface area contributed by atoms with Crippen molar-refractivity contribution in [3.8, 4) is 11.1 Å². The highest BCUT2D eigenvalue weighted by molar-refractivity contribution is 7.92. The monoisotopic (exact) mass is 383 g/mol. The summed E-state index contributed by atoms with van der Waals surface area (Å²) in [5.74, 6) is -0.0167. The molecule has 8 heteroatoms. The first-order chi connectivity index (χ1) is 12.8. The van der Waals surface area contributed by atoms with Crippen molar-refractivity contribution in [3.63, 3.8) is 0 Å². The molecule has 1 N–H and O–H groups in total. The van der Waals surface area contributed by atoms with E-state index < -0.39 is 10.0 Å². The molecule has 2 heterocycles. The van der Waals surface area contributed by atoms with Crippen LogP contribution in [0, 0.1) is 6.92 Å². The predicted molar refractivity (Wildman–Crippen MR) is 101 cm³/mol. The third-order valence-electron chi connectivity index (χ3n) is 4.60. The smallest absolute Gasteiger partial charge is 0.264 e. The molecule has 1 amide bonds. The average Bonchev–Trinajstić information content (AvgIpc) is 3.19. The molecule has 0 fully saturated rings. The molecule has 0 bridgehead atoms. The van der Waals surface area contributed by atoms with Gasteiger partial charge in [0.1, 0.15) is 0 Å². The van der Waals surface area contributed by atoms with Crippen molar-refractivity contribution in [2.45, 2.75) is 18.2 Å². The highest BCUT2D eigenvalue weighted by Gasteiger charge is 2.27. The molecule has 1 aliphatic heterocycles. The van der Waals surface area contributed by atoms with Crippen LogP contribution in [-0.4, -0.2) is 26.5 Å². The van der Waals surface area contributed by atoms with Crippen LogP contribution in [0.1, 0.15) is 11.1 Å². The third kappa shape index (κ3) is 3.08. The normalized spacial score (nSPS) is 13.7. The molecule has 0 atom stereocenters. The number of aromatic nitrogens is 1. The summed E-state index contributed by atoms with van der Waals surface area (Å²) in [6, 6.07) is 12.2. The molecule has 0 radical (unpaired) electrons. The fourth-order valence-corrected chi connectivity index (χ4v) is 4.10. The lowest BCUT2D eigenvalue weighted by molar-refractivity contribution is -0.117. The standard InChI is InChI=1S/C19H17N3O4S/c1-12-3-5-13(6-4-12)16-11-20-26-19(16)21-27(24,25)15-7-8-17-14(9-15)10-18(23)22(17)2/h3-9,11,21H,10H2,1-2H3. The lowest BCUT2D eigenvalue weighted by Crippen LogP contribution is -2.20. The summed E-state index contributed by atoms with van der Waals surface area (Å²) in [5, 5.41) is 3.72. The third-order valence-corrected chi connectivity index (χ3v) is 5.93. The van der Waals surface area contributed by atoms with E-state index in [4.69, 9.17) is 4.52 Å². The average molecular weight is 383 g/mol. The number of amides is 1. The molecule has 2 aromatic carbocycles. The van der Waals surface area contributed by atoms with E-state index in [0.717, 1.165) is 16.8 Å². The Morgan fingerprint density at radius 1 is 1.15 bits per heavy atom. The highest BCUT2D eigenvalue weighted by atomic mass is 32.2. The summed E-state index contributed by atoms with van der Waals surface area (Å²) >= 11 is 0. The van der Waals surface area contributed by atoms with Crippen LogP contribution < -0.4 is 9.62 Å². The number of rotatable bonds is 4. The Morgan fingerprint density at radius 3 is 2.63 bits per heavy atom. The molecule has 0 unspecified atom stereocenters. The first-order valence-corrected chi connectivity index (χ1v) is 9.77. The Hall–Kier alpha value is -3.13. The molecule has 27 heavy (non-hydrogen) atoms. The highest BCUT2D eigenvalue weighted by Crippen LogP contribution is 2.32. The van der Waals surface area contributed by atoms with E-state index in [2.05, 4.69) is 9.88 Å².